The minimum absolute atomic E-state index is 0.301. The van der Waals surface area contributed by atoms with E-state index in [0.717, 1.165) is 30.4 Å². The van der Waals surface area contributed by atoms with Gasteiger partial charge in [0.15, 0.2) is 0 Å². The van der Waals surface area contributed by atoms with Crippen LogP contribution in [0.25, 0.3) is 0 Å². The molecule has 0 spiro atoms. The van der Waals surface area contributed by atoms with E-state index in [-0.39, 0.29) is 5.56 Å². The van der Waals surface area contributed by atoms with Gasteiger partial charge in [0, 0.05) is 44.0 Å². The zero-order valence-electron chi connectivity index (χ0n) is 18.2. The van der Waals surface area contributed by atoms with Crippen molar-refractivity contribution in [1.29, 1.82) is 0 Å². The second-order valence-electron chi connectivity index (χ2n) is 8.49. The van der Waals surface area contributed by atoms with E-state index in [1.54, 1.807) is 0 Å². The fourth-order valence-electron chi connectivity index (χ4n) is 4.43. The van der Waals surface area contributed by atoms with Crippen LogP contribution in [0.3, 0.4) is 0 Å². The topological polar surface area (TPSA) is 61.4 Å². The van der Waals surface area contributed by atoms with Crippen LogP contribution in [-0.4, -0.2) is 53.0 Å². The number of carbonyl (C=O) groups excluding carboxylic acids is 1. The summed E-state index contributed by atoms with van der Waals surface area (Å²) in [6, 6.07) is 7.25. The van der Waals surface area contributed by atoms with Crippen molar-refractivity contribution in [3.63, 3.8) is 0 Å². The molecule has 1 aromatic carbocycles. The van der Waals surface area contributed by atoms with Crippen LogP contribution in [0.5, 0.6) is 0 Å². The van der Waals surface area contributed by atoms with E-state index in [9.17, 15) is 18.0 Å². The third kappa shape index (κ3) is 5.14. The summed E-state index contributed by atoms with van der Waals surface area (Å²) in [5, 5.41) is 3.45. The van der Waals surface area contributed by atoms with Crippen LogP contribution in [0.15, 0.2) is 30.3 Å². The van der Waals surface area contributed by atoms with Crippen molar-refractivity contribution in [2.45, 2.75) is 51.2 Å². The van der Waals surface area contributed by atoms with Gasteiger partial charge < -0.3 is 15.1 Å². The fraction of sp³-hybridized carbons (Fsp3) is 0.522. The molecule has 9 heteroatoms. The quantitative estimate of drug-likeness (QED) is 0.747. The number of piperazine rings is 1. The molecule has 1 saturated carbocycles. The summed E-state index contributed by atoms with van der Waals surface area (Å²) in [5.74, 6) is 0.805. The highest BCUT2D eigenvalue weighted by molar-refractivity contribution is 5.96. The van der Waals surface area contributed by atoms with Crippen molar-refractivity contribution in [2.24, 2.45) is 0 Å². The minimum atomic E-state index is -4.56. The van der Waals surface area contributed by atoms with Crippen LogP contribution >= 0.6 is 0 Å². The summed E-state index contributed by atoms with van der Waals surface area (Å²) >= 11 is 0. The first kappa shape index (κ1) is 22.4. The molecule has 1 aromatic heterocycles. The Morgan fingerprint density at radius 1 is 1.03 bits per heavy atom. The van der Waals surface area contributed by atoms with Crippen LogP contribution in [0.4, 0.5) is 24.9 Å². The Bertz CT molecular complexity index is 951. The number of benzene rings is 1. The molecule has 6 nitrogen and oxygen atoms in total. The number of carbonyl (C=O) groups is 1. The lowest BCUT2D eigenvalue weighted by atomic mass is 9.96. The number of hydrogen-bond acceptors (Lipinski definition) is 5. The molecule has 1 aliphatic carbocycles. The van der Waals surface area contributed by atoms with E-state index >= 15 is 0 Å². The molecule has 1 aliphatic heterocycles. The number of nitrogens with zero attached hydrogens (tertiary/aromatic N) is 4. The lowest BCUT2D eigenvalue weighted by Gasteiger charge is -2.36. The maximum atomic E-state index is 13.3. The molecule has 2 aromatic rings. The Balaban J connectivity index is 1.42. The molecular weight excluding hydrogens is 419 g/mol. The van der Waals surface area contributed by atoms with Gasteiger partial charge in [0.25, 0.3) is 5.91 Å². The number of hydrogen-bond donors (Lipinski definition) is 1. The van der Waals surface area contributed by atoms with E-state index in [1.165, 1.54) is 42.4 Å². The van der Waals surface area contributed by atoms with Gasteiger partial charge >= 0.3 is 6.18 Å². The van der Waals surface area contributed by atoms with Crippen molar-refractivity contribution < 1.29 is 18.0 Å². The lowest BCUT2D eigenvalue weighted by Crippen LogP contribution is -2.49. The summed E-state index contributed by atoms with van der Waals surface area (Å²) < 4.78 is 39.9. The predicted octanol–water partition coefficient (Wildman–Crippen LogP) is 4.51. The summed E-state index contributed by atoms with van der Waals surface area (Å²) in [5.41, 5.74) is -0.339. The molecule has 1 saturated heterocycles. The van der Waals surface area contributed by atoms with Crippen LogP contribution in [-0.2, 0) is 6.18 Å². The molecule has 172 valence electrons. The van der Waals surface area contributed by atoms with Gasteiger partial charge in [-0.25, -0.2) is 4.98 Å². The molecule has 2 heterocycles. The molecule has 0 bridgehead atoms. The molecule has 32 heavy (non-hydrogen) atoms. The van der Waals surface area contributed by atoms with Crippen molar-refractivity contribution >= 4 is 17.7 Å². The third-order valence-corrected chi connectivity index (χ3v) is 6.13. The Morgan fingerprint density at radius 2 is 1.72 bits per heavy atom. The van der Waals surface area contributed by atoms with Gasteiger partial charge in [-0.3, -0.25) is 4.79 Å². The summed E-state index contributed by atoms with van der Waals surface area (Å²) in [6.45, 7) is 3.59. The average Bonchev–Trinajstić information content (AvgIpc) is 2.78. The highest BCUT2D eigenvalue weighted by Gasteiger charge is 2.36. The van der Waals surface area contributed by atoms with Crippen LogP contribution in [0, 0.1) is 6.92 Å². The van der Waals surface area contributed by atoms with Crippen LogP contribution in [0.1, 0.15) is 53.7 Å². The lowest BCUT2D eigenvalue weighted by molar-refractivity contribution is -0.138. The van der Waals surface area contributed by atoms with E-state index < -0.39 is 17.6 Å². The minimum Gasteiger partial charge on any atom is -0.353 e. The number of alkyl halides is 3. The molecule has 4 rings (SSSR count). The first-order valence-electron chi connectivity index (χ1n) is 11.1. The van der Waals surface area contributed by atoms with Gasteiger partial charge in [-0.15, -0.1) is 0 Å². The van der Waals surface area contributed by atoms with Crippen LogP contribution < -0.4 is 10.2 Å². The van der Waals surface area contributed by atoms with Crippen LogP contribution in [0.2, 0.25) is 0 Å². The number of amides is 1. The van der Waals surface area contributed by atoms with E-state index in [0.29, 0.717) is 38.2 Å². The molecule has 0 atom stereocenters. The zero-order chi connectivity index (χ0) is 22.7. The second kappa shape index (κ2) is 9.34. The molecule has 0 radical (unpaired) electrons. The number of aromatic nitrogens is 2. The first-order chi connectivity index (χ1) is 15.3. The van der Waals surface area contributed by atoms with E-state index in [1.807, 2.05) is 13.0 Å². The number of halogens is 3. The maximum absolute atomic E-state index is 13.3. The number of nitrogens with one attached hydrogen (secondary N) is 1. The molecule has 1 N–H and O–H groups in total. The SMILES string of the molecule is Cc1cc(N2CCN(C(=O)c3ccccc3C(F)(F)F)CC2)nc(NC2CCCCC2)n1. The van der Waals surface area contributed by atoms with E-state index in [2.05, 4.69) is 20.2 Å². The second-order valence-corrected chi connectivity index (χ2v) is 8.49. The summed E-state index contributed by atoms with van der Waals surface area (Å²) in [4.78, 5) is 25.5. The molecule has 2 aliphatic rings. The Labute approximate surface area is 185 Å². The first-order valence-corrected chi connectivity index (χ1v) is 11.1. The van der Waals surface area contributed by atoms with Gasteiger partial charge in [0.05, 0.1) is 11.1 Å². The number of rotatable bonds is 4. The fourth-order valence-corrected chi connectivity index (χ4v) is 4.43. The Morgan fingerprint density at radius 3 is 2.41 bits per heavy atom. The van der Waals surface area contributed by atoms with Gasteiger partial charge in [0.1, 0.15) is 5.82 Å². The highest BCUT2D eigenvalue weighted by Crippen LogP contribution is 2.32. The van der Waals surface area contributed by atoms with Crippen molar-refractivity contribution in [3.8, 4) is 0 Å². The molecule has 1 amide bonds. The molecule has 0 unspecified atom stereocenters. The standard InChI is InChI=1S/C23H28F3N5O/c1-16-15-20(29-22(27-16)28-17-7-3-2-4-8-17)30-11-13-31(14-12-30)21(32)18-9-5-6-10-19(18)23(24,25)26/h5-6,9-10,15,17H,2-4,7-8,11-14H2,1H3,(H,27,28,29). The predicted molar refractivity (Wildman–Crippen MR) is 117 cm³/mol. The zero-order valence-corrected chi connectivity index (χ0v) is 18.2. The third-order valence-electron chi connectivity index (χ3n) is 6.13. The van der Waals surface area contributed by atoms with Gasteiger partial charge in [-0.2, -0.15) is 18.2 Å². The highest BCUT2D eigenvalue weighted by atomic mass is 19.4. The molecular formula is C23H28F3N5O. The normalized spacial score (nSPS) is 18.0. The largest absolute Gasteiger partial charge is 0.417 e. The van der Waals surface area contributed by atoms with Gasteiger partial charge in [-0.05, 0) is 31.9 Å². The number of aryl methyl sites for hydroxylation is 1. The summed E-state index contributed by atoms with van der Waals surface area (Å²) in [6.07, 6.45) is 1.37. The van der Waals surface area contributed by atoms with Gasteiger partial charge in [0.2, 0.25) is 5.95 Å². The molecule has 2 fully saturated rings. The Kier molecular flexibility index (Phi) is 6.53. The summed E-state index contributed by atoms with van der Waals surface area (Å²) in [7, 11) is 0. The number of anilines is 2. The van der Waals surface area contributed by atoms with Crippen molar-refractivity contribution in [1.82, 2.24) is 14.9 Å². The Hall–Kier alpha value is -2.84. The van der Waals surface area contributed by atoms with Crippen molar-refractivity contribution in [2.75, 3.05) is 36.4 Å². The average molecular weight is 448 g/mol. The van der Waals surface area contributed by atoms with E-state index in [4.69, 9.17) is 0 Å². The van der Waals surface area contributed by atoms with Crippen molar-refractivity contribution in [3.05, 3.63) is 47.2 Å². The maximum Gasteiger partial charge on any atom is 0.417 e. The monoisotopic (exact) mass is 447 g/mol. The van der Waals surface area contributed by atoms with Gasteiger partial charge in [-0.1, -0.05) is 31.4 Å². The smallest absolute Gasteiger partial charge is 0.353 e.